The molecular formula is C29H34N6O5. The van der Waals surface area contributed by atoms with E-state index >= 15 is 0 Å². The van der Waals surface area contributed by atoms with Crippen molar-refractivity contribution in [1.82, 2.24) is 25.1 Å². The number of H-pyrrole nitrogens is 1. The van der Waals surface area contributed by atoms with Gasteiger partial charge in [0.05, 0.1) is 34.6 Å². The lowest BCUT2D eigenvalue weighted by molar-refractivity contribution is -0.160. The zero-order valence-corrected chi connectivity index (χ0v) is 22.8. The molecule has 4 aromatic rings. The van der Waals surface area contributed by atoms with Gasteiger partial charge in [0.2, 0.25) is 0 Å². The summed E-state index contributed by atoms with van der Waals surface area (Å²) in [6.07, 6.45) is 6.57. The minimum atomic E-state index is -0.866. The molecule has 0 radical (unpaired) electrons. The Bertz CT molecular complexity index is 1600. The highest BCUT2D eigenvalue weighted by atomic mass is 16.6. The van der Waals surface area contributed by atoms with Crippen molar-refractivity contribution in [2.24, 2.45) is 5.73 Å². The molecule has 11 heteroatoms. The van der Waals surface area contributed by atoms with Gasteiger partial charge in [-0.2, -0.15) is 10.2 Å². The number of hydrogen-bond acceptors (Lipinski definition) is 8. The first-order valence-electron chi connectivity index (χ1n) is 13.5. The van der Waals surface area contributed by atoms with Crippen LogP contribution in [0.25, 0.3) is 16.3 Å². The summed E-state index contributed by atoms with van der Waals surface area (Å²) in [5, 5.41) is 16.0. The molecule has 0 unspecified atom stereocenters. The summed E-state index contributed by atoms with van der Waals surface area (Å²) in [4.78, 5) is 37.1. The molecular weight excluding hydrogens is 512 g/mol. The van der Waals surface area contributed by atoms with E-state index in [9.17, 15) is 14.4 Å². The van der Waals surface area contributed by atoms with E-state index in [1.54, 1.807) is 49.8 Å². The number of ether oxygens (including phenoxy) is 2. The molecule has 1 amide bonds. The molecule has 4 N–H and O–H groups in total. The number of amides is 1. The Balaban J connectivity index is 1.19. The standard InChI is InChI=1S/C29H34N6O5/c1-17(30)28(38)40-29(2,3)16-39-20-12-13-24-23(14-31-35(24)15-20)26(36)32-19-10-8-18(9-11-19)25-21-6-4-5-7-22(21)27(37)34-33-25/h4-7,12-15,17-19H,8-11,16,30H2,1-3H3,(H,32,36)(H,34,37)/t17-,18?,19?/m0/s1. The van der Waals surface area contributed by atoms with Crippen LogP contribution in [0.3, 0.4) is 0 Å². The van der Waals surface area contributed by atoms with Crippen molar-refractivity contribution in [3.05, 3.63) is 70.4 Å². The van der Waals surface area contributed by atoms with E-state index in [0.717, 1.165) is 36.8 Å². The van der Waals surface area contributed by atoms with E-state index in [1.807, 2.05) is 24.3 Å². The minimum Gasteiger partial charge on any atom is -0.488 e. The molecule has 1 aliphatic rings. The maximum absolute atomic E-state index is 13.1. The fourth-order valence-electron chi connectivity index (χ4n) is 5.10. The van der Waals surface area contributed by atoms with E-state index in [2.05, 4.69) is 20.6 Å². The fourth-order valence-corrected chi connectivity index (χ4v) is 5.10. The van der Waals surface area contributed by atoms with Gasteiger partial charge in [0.15, 0.2) is 0 Å². The van der Waals surface area contributed by atoms with Gasteiger partial charge in [0.1, 0.15) is 24.0 Å². The predicted molar refractivity (Wildman–Crippen MR) is 149 cm³/mol. The van der Waals surface area contributed by atoms with Crippen molar-refractivity contribution in [2.75, 3.05) is 6.61 Å². The number of pyridine rings is 1. The molecule has 0 bridgehead atoms. The van der Waals surface area contributed by atoms with Crippen molar-refractivity contribution < 1.29 is 19.1 Å². The zero-order chi connectivity index (χ0) is 28.4. The van der Waals surface area contributed by atoms with Crippen LogP contribution in [0.5, 0.6) is 5.75 Å². The average molecular weight is 547 g/mol. The third kappa shape index (κ3) is 5.84. The maximum Gasteiger partial charge on any atom is 0.323 e. The quantitative estimate of drug-likeness (QED) is 0.285. The number of aromatic nitrogens is 4. The van der Waals surface area contributed by atoms with Crippen LogP contribution in [-0.2, 0) is 9.53 Å². The first-order chi connectivity index (χ1) is 19.1. The van der Waals surface area contributed by atoms with Crippen LogP contribution >= 0.6 is 0 Å². The van der Waals surface area contributed by atoms with Crippen molar-refractivity contribution in [1.29, 1.82) is 0 Å². The lowest BCUT2D eigenvalue weighted by atomic mass is 9.82. The van der Waals surface area contributed by atoms with Crippen LogP contribution in [0, 0.1) is 0 Å². The number of fused-ring (bicyclic) bond motifs is 2. The van der Waals surface area contributed by atoms with E-state index in [0.29, 0.717) is 22.2 Å². The average Bonchev–Trinajstić information content (AvgIpc) is 3.36. The molecule has 5 rings (SSSR count). The number of benzene rings is 1. The smallest absolute Gasteiger partial charge is 0.323 e. The minimum absolute atomic E-state index is 0.0384. The number of carbonyl (C=O) groups excluding carboxylic acids is 2. The Hall–Kier alpha value is -4.25. The van der Waals surface area contributed by atoms with Crippen LogP contribution in [-0.4, -0.2) is 56.0 Å². The number of nitrogens with one attached hydrogen (secondary N) is 2. The highest BCUT2D eigenvalue weighted by molar-refractivity contribution is 6.00. The van der Waals surface area contributed by atoms with Crippen LogP contribution < -0.4 is 21.3 Å². The zero-order valence-electron chi connectivity index (χ0n) is 22.8. The summed E-state index contributed by atoms with van der Waals surface area (Å²) in [5.41, 5.74) is 6.58. The van der Waals surface area contributed by atoms with Gasteiger partial charge in [-0.3, -0.25) is 14.4 Å². The molecule has 3 aromatic heterocycles. The summed E-state index contributed by atoms with van der Waals surface area (Å²) in [5.74, 6) is 0.0669. The molecule has 3 heterocycles. The van der Waals surface area contributed by atoms with Crippen LogP contribution in [0.15, 0.2) is 53.6 Å². The highest BCUT2D eigenvalue weighted by Gasteiger charge is 2.28. The first kappa shape index (κ1) is 27.3. The molecule has 210 valence electrons. The lowest BCUT2D eigenvalue weighted by Crippen LogP contribution is -2.40. The van der Waals surface area contributed by atoms with Gasteiger partial charge in [-0.15, -0.1) is 0 Å². The second-order valence-corrected chi connectivity index (χ2v) is 11.0. The van der Waals surface area contributed by atoms with Gasteiger partial charge in [-0.25, -0.2) is 9.61 Å². The number of esters is 1. The molecule has 1 fully saturated rings. The number of rotatable bonds is 8. The highest BCUT2D eigenvalue weighted by Crippen LogP contribution is 2.34. The van der Waals surface area contributed by atoms with E-state index < -0.39 is 17.6 Å². The number of nitrogens with zero attached hydrogens (tertiary/aromatic N) is 3. The molecule has 0 saturated heterocycles. The fraction of sp³-hybridized carbons (Fsp3) is 0.414. The number of carbonyl (C=O) groups is 2. The molecule has 1 aliphatic carbocycles. The largest absolute Gasteiger partial charge is 0.488 e. The number of hydrogen-bond donors (Lipinski definition) is 3. The van der Waals surface area contributed by atoms with Crippen LogP contribution in [0.4, 0.5) is 0 Å². The van der Waals surface area contributed by atoms with Crippen molar-refractivity contribution in [3.63, 3.8) is 0 Å². The van der Waals surface area contributed by atoms with Gasteiger partial charge in [-0.05, 0) is 64.7 Å². The van der Waals surface area contributed by atoms with E-state index in [1.165, 1.54) is 0 Å². The Morgan fingerprint density at radius 2 is 1.88 bits per heavy atom. The normalized spacial score (nSPS) is 18.4. The van der Waals surface area contributed by atoms with Gasteiger partial charge in [0, 0.05) is 17.3 Å². The third-order valence-electron chi connectivity index (χ3n) is 7.24. The van der Waals surface area contributed by atoms with Gasteiger partial charge in [-0.1, -0.05) is 18.2 Å². The van der Waals surface area contributed by atoms with Crippen LogP contribution in [0.2, 0.25) is 0 Å². The first-order valence-corrected chi connectivity index (χ1v) is 13.5. The van der Waals surface area contributed by atoms with E-state index in [-0.39, 0.29) is 30.0 Å². The number of aromatic amines is 1. The summed E-state index contributed by atoms with van der Waals surface area (Å²) in [6.45, 7) is 5.18. The molecule has 1 saturated carbocycles. The molecule has 0 spiro atoms. The SMILES string of the molecule is C[C@H](N)C(=O)OC(C)(C)COc1ccc2c(C(=O)NC3CCC(c4n[nH]c(=O)c5ccccc45)CC3)cnn2c1. The van der Waals surface area contributed by atoms with Gasteiger partial charge < -0.3 is 20.5 Å². The van der Waals surface area contributed by atoms with E-state index in [4.69, 9.17) is 15.2 Å². The lowest BCUT2D eigenvalue weighted by Gasteiger charge is -2.29. The van der Waals surface area contributed by atoms with Gasteiger partial charge in [0.25, 0.3) is 11.5 Å². The second kappa shape index (κ2) is 11.1. The van der Waals surface area contributed by atoms with Crippen molar-refractivity contribution >= 4 is 28.2 Å². The topological polar surface area (TPSA) is 154 Å². The Morgan fingerprint density at radius 1 is 1.15 bits per heavy atom. The molecule has 0 aliphatic heterocycles. The summed E-state index contributed by atoms with van der Waals surface area (Å²) in [6, 6.07) is 10.4. The Morgan fingerprint density at radius 3 is 2.60 bits per heavy atom. The predicted octanol–water partition coefficient (Wildman–Crippen LogP) is 3.07. The Kier molecular flexibility index (Phi) is 7.57. The monoisotopic (exact) mass is 546 g/mol. The summed E-state index contributed by atoms with van der Waals surface area (Å²) in [7, 11) is 0. The summed E-state index contributed by atoms with van der Waals surface area (Å²) >= 11 is 0. The Labute approximate surface area is 231 Å². The third-order valence-corrected chi connectivity index (χ3v) is 7.24. The van der Waals surface area contributed by atoms with Gasteiger partial charge >= 0.3 is 5.97 Å². The van der Waals surface area contributed by atoms with Crippen molar-refractivity contribution in [2.45, 2.75) is 70.1 Å². The maximum atomic E-state index is 13.1. The van der Waals surface area contributed by atoms with Crippen LogP contribution in [0.1, 0.15) is 68.4 Å². The second-order valence-electron chi connectivity index (χ2n) is 11.0. The summed E-state index contributed by atoms with van der Waals surface area (Å²) < 4.78 is 12.8. The molecule has 1 atom stereocenters. The molecule has 11 nitrogen and oxygen atoms in total. The molecule has 1 aromatic carbocycles. The molecule has 40 heavy (non-hydrogen) atoms. The van der Waals surface area contributed by atoms with Crippen molar-refractivity contribution in [3.8, 4) is 5.75 Å². The number of nitrogens with two attached hydrogens (primary N) is 1.